The summed E-state index contributed by atoms with van der Waals surface area (Å²) in [6.45, 7) is 0.919. The van der Waals surface area contributed by atoms with Crippen LogP contribution in [0.2, 0.25) is 0 Å². The first-order chi connectivity index (χ1) is 10.6. The Morgan fingerprint density at radius 3 is 2.41 bits per heavy atom. The van der Waals surface area contributed by atoms with Crippen molar-refractivity contribution in [3.63, 3.8) is 0 Å². The van der Waals surface area contributed by atoms with E-state index in [1.165, 1.54) is 5.56 Å². The second-order valence-corrected chi connectivity index (χ2v) is 6.49. The topological polar surface area (TPSA) is 20.3 Å². The molecule has 0 unspecified atom stereocenters. The fourth-order valence-corrected chi connectivity index (χ4v) is 3.51. The van der Waals surface area contributed by atoms with Gasteiger partial charge in [-0.05, 0) is 51.0 Å². The molecule has 0 heterocycles. The van der Waals surface area contributed by atoms with Gasteiger partial charge in [-0.25, -0.2) is 0 Å². The summed E-state index contributed by atoms with van der Waals surface area (Å²) in [4.78, 5) is 15.5. The van der Waals surface area contributed by atoms with E-state index in [0.717, 1.165) is 36.9 Å². The molecular formula is C20H23NO. The number of fused-ring (bicyclic) bond motifs is 1. The number of aryl methyl sites for hydroxylation is 1. The van der Waals surface area contributed by atoms with Gasteiger partial charge in [-0.1, -0.05) is 54.6 Å². The quantitative estimate of drug-likeness (QED) is 0.856. The van der Waals surface area contributed by atoms with Crippen molar-refractivity contribution in [1.29, 1.82) is 0 Å². The predicted molar refractivity (Wildman–Crippen MR) is 90.4 cm³/mol. The third-order valence-corrected chi connectivity index (χ3v) is 4.83. The Kier molecular flexibility index (Phi) is 4.12. The normalized spacial score (nSPS) is 21.0. The molecule has 0 saturated carbocycles. The molecule has 2 nitrogen and oxygen atoms in total. The Labute approximate surface area is 132 Å². The van der Waals surface area contributed by atoms with E-state index in [2.05, 4.69) is 37.2 Å². The summed E-state index contributed by atoms with van der Waals surface area (Å²) in [5.74, 6) is 0.294. The molecule has 0 saturated heterocycles. The van der Waals surface area contributed by atoms with E-state index < -0.39 is 0 Å². The van der Waals surface area contributed by atoms with E-state index in [4.69, 9.17) is 0 Å². The highest BCUT2D eigenvalue weighted by Crippen LogP contribution is 2.41. The number of Topliss-reactive ketones (excluding diaryl/α,β-unsaturated/α-hetero) is 1. The Hall–Kier alpha value is -1.93. The van der Waals surface area contributed by atoms with E-state index in [-0.39, 0.29) is 5.41 Å². The van der Waals surface area contributed by atoms with Gasteiger partial charge in [0.05, 0.1) is 5.41 Å². The summed E-state index contributed by atoms with van der Waals surface area (Å²) in [5.41, 5.74) is 2.90. The lowest BCUT2D eigenvalue weighted by Crippen LogP contribution is -2.42. The minimum Gasteiger partial charge on any atom is -0.309 e. The van der Waals surface area contributed by atoms with Crippen LogP contribution in [0.1, 0.15) is 34.3 Å². The molecule has 0 fully saturated rings. The van der Waals surface area contributed by atoms with Gasteiger partial charge in [-0.2, -0.15) is 0 Å². The first-order valence-corrected chi connectivity index (χ1v) is 7.96. The van der Waals surface area contributed by atoms with Crippen LogP contribution in [0.3, 0.4) is 0 Å². The van der Waals surface area contributed by atoms with Crippen molar-refractivity contribution in [3.8, 4) is 0 Å². The van der Waals surface area contributed by atoms with Crippen LogP contribution in [-0.4, -0.2) is 31.3 Å². The molecule has 0 amide bonds. The van der Waals surface area contributed by atoms with Crippen molar-refractivity contribution in [2.45, 2.75) is 24.7 Å². The average molecular weight is 293 g/mol. The van der Waals surface area contributed by atoms with Gasteiger partial charge in [0, 0.05) is 5.56 Å². The lowest BCUT2D eigenvalue weighted by Gasteiger charge is -2.38. The highest BCUT2D eigenvalue weighted by atomic mass is 16.1. The molecule has 0 N–H and O–H groups in total. The Morgan fingerprint density at radius 1 is 1.00 bits per heavy atom. The molecule has 2 aromatic rings. The molecule has 0 bridgehead atoms. The van der Waals surface area contributed by atoms with Gasteiger partial charge in [-0.15, -0.1) is 0 Å². The largest absolute Gasteiger partial charge is 0.309 e. The maximum absolute atomic E-state index is 13.3. The van der Waals surface area contributed by atoms with Crippen molar-refractivity contribution in [2.24, 2.45) is 0 Å². The van der Waals surface area contributed by atoms with Gasteiger partial charge in [0.1, 0.15) is 0 Å². The predicted octanol–water partition coefficient (Wildman–Crippen LogP) is 3.71. The molecule has 1 aliphatic rings. The summed E-state index contributed by atoms with van der Waals surface area (Å²) in [6, 6.07) is 18.4. The number of rotatable bonds is 4. The molecule has 0 aliphatic heterocycles. The van der Waals surface area contributed by atoms with Gasteiger partial charge in [0.2, 0.25) is 0 Å². The molecule has 0 radical (unpaired) electrons. The first-order valence-electron chi connectivity index (χ1n) is 7.96. The van der Waals surface area contributed by atoms with Crippen LogP contribution in [0, 0.1) is 0 Å². The molecule has 114 valence electrons. The second-order valence-electron chi connectivity index (χ2n) is 6.49. The lowest BCUT2D eigenvalue weighted by molar-refractivity contribution is 0.0840. The van der Waals surface area contributed by atoms with Crippen LogP contribution >= 0.6 is 0 Å². The Balaban J connectivity index is 2.06. The number of benzene rings is 2. The van der Waals surface area contributed by atoms with Crippen LogP contribution in [0.5, 0.6) is 0 Å². The highest BCUT2D eigenvalue weighted by Gasteiger charge is 2.43. The molecular weight excluding hydrogens is 270 g/mol. The average Bonchev–Trinajstić information content (AvgIpc) is 2.56. The summed E-state index contributed by atoms with van der Waals surface area (Å²) in [5, 5.41) is 0. The van der Waals surface area contributed by atoms with Crippen molar-refractivity contribution in [3.05, 3.63) is 71.3 Å². The molecule has 1 atom stereocenters. The monoisotopic (exact) mass is 293 g/mol. The second kappa shape index (κ2) is 6.05. The molecule has 22 heavy (non-hydrogen) atoms. The van der Waals surface area contributed by atoms with Crippen molar-refractivity contribution < 1.29 is 4.79 Å². The molecule has 2 aromatic carbocycles. The van der Waals surface area contributed by atoms with Gasteiger partial charge >= 0.3 is 0 Å². The zero-order valence-corrected chi connectivity index (χ0v) is 13.4. The highest BCUT2D eigenvalue weighted by molar-refractivity contribution is 6.06. The van der Waals surface area contributed by atoms with Gasteiger partial charge < -0.3 is 4.90 Å². The molecule has 3 rings (SSSR count). The number of carbonyl (C=O) groups excluding carboxylic acids is 1. The fraction of sp³-hybridized carbons (Fsp3) is 0.350. The van der Waals surface area contributed by atoms with E-state index in [1.54, 1.807) is 0 Å². The van der Waals surface area contributed by atoms with Crippen molar-refractivity contribution in [1.82, 2.24) is 4.90 Å². The van der Waals surface area contributed by atoms with Gasteiger partial charge in [0.15, 0.2) is 5.78 Å². The first kappa shape index (κ1) is 15.0. The number of hydrogen-bond donors (Lipinski definition) is 0. The van der Waals surface area contributed by atoms with E-state index in [9.17, 15) is 4.79 Å². The fourth-order valence-electron chi connectivity index (χ4n) is 3.51. The molecule has 1 aliphatic carbocycles. The SMILES string of the molecule is CN(C)CC[C@@]1(c2ccccc2)CCc2ccccc2C1=O. The smallest absolute Gasteiger partial charge is 0.173 e. The molecule has 0 spiro atoms. The number of ketones is 1. The van der Waals surface area contributed by atoms with Crippen LogP contribution in [0.4, 0.5) is 0 Å². The number of hydrogen-bond acceptors (Lipinski definition) is 2. The maximum Gasteiger partial charge on any atom is 0.173 e. The van der Waals surface area contributed by atoms with E-state index in [0.29, 0.717) is 5.78 Å². The van der Waals surface area contributed by atoms with E-state index in [1.807, 2.05) is 36.4 Å². The van der Waals surface area contributed by atoms with Gasteiger partial charge in [-0.3, -0.25) is 4.79 Å². The lowest BCUT2D eigenvalue weighted by atomic mass is 9.64. The van der Waals surface area contributed by atoms with Crippen LogP contribution in [0.25, 0.3) is 0 Å². The van der Waals surface area contributed by atoms with Crippen molar-refractivity contribution >= 4 is 5.78 Å². The van der Waals surface area contributed by atoms with E-state index >= 15 is 0 Å². The number of nitrogens with zero attached hydrogens (tertiary/aromatic N) is 1. The Morgan fingerprint density at radius 2 is 1.68 bits per heavy atom. The molecule has 2 heteroatoms. The minimum atomic E-state index is -0.375. The molecule has 0 aromatic heterocycles. The van der Waals surface area contributed by atoms with Crippen molar-refractivity contribution in [2.75, 3.05) is 20.6 Å². The number of carbonyl (C=O) groups is 1. The zero-order valence-electron chi connectivity index (χ0n) is 13.4. The zero-order chi connectivity index (χ0) is 15.6. The summed E-state index contributed by atoms with van der Waals surface area (Å²) < 4.78 is 0. The maximum atomic E-state index is 13.3. The van der Waals surface area contributed by atoms with Crippen LogP contribution in [0.15, 0.2) is 54.6 Å². The Bertz CT molecular complexity index is 662. The van der Waals surface area contributed by atoms with Gasteiger partial charge in [0.25, 0.3) is 0 Å². The summed E-state index contributed by atoms with van der Waals surface area (Å²) >= 11 is 0. The van der Waals surface area contributed by atoms with Crippen LogP contribution in [-0.2, 0) is 11.8 Å². The van der Waals surface area contributed by atoms with Crippen LogP contribution < -0.4 is 0 Å². The summed E-state index contributed by atoms with van der Waals surface area (Å²) in [6.07, 6.45) is 2.75. The standard InChI is InChI=1S/C20H23NO/c1-21(2)15-14-20(17-9-4-3-5-10-17)13-12-16-8-6-7-11-18(16)19(20)22/h3-11H,12-15H2,1-2H3/t20-/m1/s1. The summed E-state index contributed by atoms with van der Waals surface area (Å²) in [7, 11) is 4.14. The third-order valence-electron chi connectivity index (χ3n) is 4.83. The third kappa shape index (κ3) is 2.59. The minimum absolute atomic E-state index is 0.294.